The molecule has 0 atom stereocenters. The number of carbonyl (C=O) groups excluding carboxylic acids is 1. The first-order valence-corrected chi connectivity index (χ1v) is 7.39. The van der Waals surface area contributed by atoms with Crippen LogP contribution >= 0.6 is 0 Å². The Morgan fingerprint density at radius 3 is 2.68 bits per heavy atom. The number of carbonyl (C=O) groups is 1. The molecular formula is C17H17FN2O2. The summed E-state index contributed by atoms with van der Waals surface area (Å²) < 4.78 is 15.1. The van der Waals surface area contributed by atoms with Gasteiger partial charge >= 0.3 is 0 Å². The lowest BCUT2D eigenvalue weighted by atomic mass is 9.93. The average Bonchev–Trinajstić information content (AvgIpc) is 2.47. The van der Waals surface area contributed by atoms with Gasteiger partial charge in [-0.05, 0) is 37.5 Å². The molecule has 1 aliphatic rings. The highest BCUT2D eigenvalue weighted by Gasteiger charge is 2.21. The van der Waals surface area contributed by atoms with E-state index in [2.05, 4.69) is 5.32 Å². The zero-order chi connectivity index (χ0) is 15.5. The number of halogens is 1. The first-order chi connectivity index (χ1) is 10.6. The van der Waals surface area contributed by atoms with Crippen molar-refractivity contribution in [3.05, 3.63) is 69.9 Å². The van der Waals surface area contributed by atoms with Crippen LogP contribution in [0.3, 0.4) is 0 Å². The van der Waals surface area contributed by atoms with Crippen LogP contribution in [-0.2, 0) is 6.54 Å². The molecular weight excluding hydrogens is 283 g/mol. The third-order valence-corrected chi connectivity index (χ3v) is 4.00. The van der Waals surface area contributed by atoms with Gasteiger partial charge in [0.15, 0.2) is 0 Å². The standard InChI is InChI=1S/C17H17FN2O2/c18-15-9-2-1-5-12(15)11-20-10-4-8-14(17(20)22)16(21)19-13-6-3-7-13/h1-2,4-5,8-10,13H,3,6-7,11H2,(H,19,21). The van der Waals surface area contributed by atoms with Crippen molar-refractivity contribution in [2.45, 2.75) is 31.8 Å². The highest BCUT2D eigenvalue weighted by Crippen LogP contribution is 2.18. The smallest absolute Gasteiger partial charge is 0.263 e. The van der Waals surface area contributed by atoms with Crippen LogP contribution in [0.4, 0.5) is 4.39 Å². The lowest BCUT2D eigenvalue weighted by Crippen LogP contribution is -2.42. The Hall–Kier alpha value is -2.43. The van der Waals surface area contributed by atoms with Crippen molar-refractivity contribution in [2.75, 3.05) is 0 Å². The van der Waals surface area contributed by atoms with E-state index in [0.717, 1.165) is 19.3 Å². The van der Waals surface area contributed by atoms with Crippen LogP contribution in [0.2, 0.25) is 0 Å². The number of hydrogen-bond donors (Lipinski definition) is 1. The van der Waals surface area contributed by atoms with E-state index in [1.54, 1.807) is 30.5 Å². The van der Waals surface area contributed by atoms with Crippen LogP contribution in [-0.4, -0.2) is 16.5 Å². The number of aromatic nitrogens is 1. The Labute approximate surface area is 127 Å². The van der Waals surface area contributed by atoms with Gasteiger partial charge in [-0.3, -0.25) is 9.59 Å². The molecule has 1 aromatic carbocycles. The molecule has 0 saturated heterocycles. The molecule has 5 heteroatoms. The fraction of sp³-hybridized carbons (Fsp3) is 0.294. The summed E-state index contributed by atoms with van der Waals surface area (Å²) in [4.78, 5) is 24.5. The van der Waals surface area contributed by atoms with Gasteiger partial charge < -0.3 is 9.88 Å². The zero-order valence-electron chi connectivity index (χ0n) is 12.1. The van der Waals surface area contributed by atoms with E-state index in [1.807, 2.05) is 0 Å². The van der Waals surface area contributed by atoms with Crippen molar-refractivity contribution in [1.82, 2.24) is 9.88 Å². The predicted molar refractivity (Wildman–Crippen MR) is 81.3 cm³/mol. The van der Waals surface area contributed by atoms with Gasteiger partial charge in [0.1, 0.15) is 11.4 Å². The normalized spacial score (nSPS) is 14.4. The van der Waals surface area contributed by atoms with Gasteiger partial charge in [0.05, 0.1) is 6.54 Å². The van der Waals surface area contributed by atoms with E-state index in [9.17, 15) is 14.0 Å². The van der Waals surface area contributed by atoms with Crippen molar-refractivity contribution >= 4 is 5.91 Å². The summed E-state index contributed by atoms with van der Waals surface area (Å²) in [5.41, 5.74) is 0.120. The summed E-state index contributed by atoms with van der Waals surface area (Å²) in [6.45, 7) is 0.107. The number of amides is 1. The minimum atomic E-state index is -0.400. The minimum Gasteiger partial charge on any atom is -0.349 e. The van der Waals surface area contributed by atoms with Crippen molar-refractivity contribution in [1.29, 1.82) is 0 Å². The molecule has 0 unspecified atom stereocenters. The first kappa shape index (κ1) is 14.5. The molecule has 114 valence electrons. The molecule has 1 saturated carbocycles. The largest absolute Gasteiger partial charge is 0.349 e. The summed E-state index contributed by atoms with van der Waals surface area (Å²) in [5.74, 6) is -0.712. The molecule has 1 aromatic heterocycles. The van der Waals surface area contributed by atoms with Crippen LogP contribution in [0.5, 0.6) is 0 Å². The van der Waals surface area contributed by atoms with Crippen molar-refractivity contribution in [3.63, 3.8) is 0 Å². The van der Waals surface area contributed by atoms with Crippen LogP contribution < -0.4 is 10.9 Å². The molecule has 3 rings (SSSR count). The van der Waals surface area contributed by atoms with Gasteiger partial charge in [0.2, 0.25) is 0 Å². The summed E-state index contributed by atoms with van der Waals surface area (Å²) in [6.07, 6.45) is 4.59. The quantitative estimate of drug-likeness (QED) is 0.942. The highest BCUT2D eigenvalue weighted by atomic mass is 19.1. The SMILES string of the molecule is O=C(NC1CCC1)c1cccn(Cc2ccccc2F)c1=O. The van der Waals surface area contributed by atoms with E-state index in [4.69, 9.17) is 0 Å². The first-order valence-electron chi connectivity index (χ1n) is 7.39. The number of benzene rings is 1. The summed E-state index contributed by atoms with van der Waals surface area (Å²) >= 11 is 0. The van der Waals surface area contributed by atoms with Gasteiger partial charge in [-0.25, -0.2) is 4.39 Å². The average molecular weight is 300 g/mol. The van der Waals surface area contributed by atoms with Gasteiger partial charge in [-0.15, -0.1) is 0 Å². The second-order valence-corrected chi connectivity index (χ2v) is 5.55. The maximum absolute atomic E-state index is 13.7. The van der Waals surface area contributed by atoms with Crippen LogP contribution in [0.25, 0.3) is 0 Å². The summed E-state index contributed by atoms with van der Waals surface area (Å²) in [7, 11) is 0. The minimum absolute atomic E-state index is 0.103. The lowest BCUT2D eigenvalue weighted by molar-refractivity contribution is 0.0915. The number of nitrogens with one attached hydrogen (secondary N) is 1. The Morgan fingerprint density at radius 1 is 1.23 bits per heavy atom. The molecule has 1 N–H and O–H groups in total. The Kier molecular flexibility index (Phi) is 4.04. The van der Waals surface area contributed by atoms with Crippen molar-refractivity contribution in [2.24, 2.45) is 0 Å². The molecule has 0 bridgehead atoms. The highest BCUT2D eigenvalue weighted by molar-refractivity contribution is 5.94. The second-order valence-electron chi connectivity index (χ2n) is 5.55. The maximum atomic E-state index is 13.7. The number of hydrogen-bond acceptors (Lipinski definition) is 2. The van der Waals surface area contributed by atoms with E-state index in [-0.39, 0.29) is 29.9 Å². The molecule has 0 spiro atoms. The van der Waals surface area contributed by atoms with E-state index < -0.39 is 5.56 Å². The zero-order valence-corrected chi connectivity index (χ0v) is 12.1. The van der Waals surface area contributed by atoms with Crippen LogP contribution in [0.1, 0.15) is 35.2 Å². The lowest BCUT2D eigenvalue weighted by Gasteiger charge is -2.26. The fourth-order valence-electron chi connectivity index (χ4n) is 2.46. The molecule has 0 radical (unpaired) electrons. The van der Waals surface area contributed by atoms with E-state index in [1.165, 1.54) is 16.7 Å². The van der Waals surface area contributed by atoms with Crippen LogP contribution in [0.15, 0.2) is 47.4 Å². The summed E-state index contributed by atoms with van der Waals surface area (Å²) in [5, 5.41) is 2.85. The van der Waals surface area contributed by atoms with Gasteiger partial charge in [0.25, 0.3) is 11.5 Å². The monoisotopic (exact) mass is 300 g/mol. The van der Waals surface area contributed by atoms with Crippen LogP contribution in [0, 0.1) is 5.82 Å². The second kappa shape index (κ2) is 6.13. The fourth-order valence-corrected chi connectivity index (χ4v) is 2.46. The Balaban J connectivity index is 1.84. The van der Waals surface area contributed by atoms with E-state index >= 15 is 0 Å². The molecule has 1 amide bonds. The molecule has 22 heavy (non-hydrogen) atoms. The molecule has 4 nitrogen and oxygen atoms in total. The molecule has 1 fully saturated rings. The maximum Gasteiger partial charge on any atom is 0.263 e. The predicted octanol–water partition coefficient (Wildman–Crippen LogP) is 2.32. The summed E-state index contributed by atoms with van der Waals surface area (Å²) in [6, 6.07) is 9.62. The number of nitrogens with zero attached hydrogens (tertiary/aromatic N) is 1. The molecule has 0 aliphatic heterocycles. The van der Waals surface area contributed by atoms with Crippen molar-refractivity contribution in [3.8, 4) is 0 Å². The third kappa shape index (κ3) is 2.93. The Morgan fingerprint density at radius 2 is 2.00 bits per heavy atom. The number of rotatable bonds is 4. The molecule has 1 aliphatic carbocycles. The molecule has 1 heterocycles. The molecule has 2 aromatic rings. The van der Waals surface area contributed by atoms with Crippen molar-refractivity contribution < 1.29 is 9.18 Å². The Bertz CT molecular complexity index is 750. The van der Waals surface area contributed by atoms with Gasteiger partial charge in [-0.2, -0.15) is 0 Å². The topological polar surface area (TPSA) is 51.1 Å². The van der Waals surface area contributed by atoms with Gasteiger partial charge in [0, 0.05) is 17.8 Å². The number of pyridine rings is 1. The third-order valence-electron chi connectivity index (χ3n) is 4.00. The van der Waals surface area contributed by atoms with E-state index in [0.29, 0.717) is 5.56 Å². The van der Waals surface area contributed by atoms with Gasteiger partial charge in [-0.1, -0.05) is 18.2 Å².